The van der Waals surface area contributed by atoms with Crippen molar-refractivity contribution in [3.63, 3.8) is 0 Å². The first-order chi connectivity index (χ1) is 9.83. The number of thiophene rings is 1. The van der Waals surface area contributed by atoms with Gasteiger partial charge in [0, 0.05) is 27.5 Å². The molecule has 0 aliphatic heterocycles. The van der Waals surface area contributed by atoms with E-state index in [1.807, 2.05) is 24.3 Å². The maximum absolute atomic E-state index is 8.75. The normalized spacial score (nSPS) is 9.90. The maximum atomic E-state index is 8.75. The minimum atomic E-state index is 0.116. The Bertz CT molecular complexity index is 608. The molecule has 0 aliphatic rings. The van der Waals surface area contributed by atoms with Crippen molar-refractivity contribution in [3.05, 3.63) is 46.2 Å². The third-order valence-electron chi connectivity index (χ3n) is 2.62. The number of hydrogen-bond acceptors (Lipinski definition) is 4. The van der Waals surface area contributed by atoms with Crippen LogP contribution in [0.25, 0.3) is 0 Å². The van der Waals surface area contributed by atoms with Crippen LogP contribution in [0.3, 0.4) is 0 Å². The van der Waals surface area contributed by atoms with Gasteiger partial charge in [0.1, 0.15) is 5.75 Å². The third-order valence-corrected chi connectivity index (χ3v) is 4.74. The van der Waals surface area contributed by atoms with Crippen LogP contribution in [0.15, 0.2) is 40.6 Å². The fraction of sp³-hybridized carbons (Fsp3) is 0.250. The molecule has 1 aromatic heterocycles. The zero-order chi connectivity index (χ0) is 14.2. The lowest BCUT2D eigenvalue weighted by Gasteiger charge is -2.03. The van der Waals surface area contributed by atoms with E-state index in [0.29, 0.717) is 6.42 Å². The fourth-order valence-corrected chi connectivity index (χ4v) is 3.51. The van der Waals surface area contributed by atoms with Crippen LogP contribution in [-0.2, 0) is 5.75 Å². The van der Waals surface area contributed by atoms with Crippen LogP contribution < -0.4 is 4.74 Å². The molecule has 0 fully saturated rings. The predicted molar refractivity (Wildman–Crippen MR) is 85.5 cm³/mol. The van der Waals surface area contributed by atoms with Gasteiger partial charge in [-0.25, -0.2) is 0 Å². The highest BCUT2D eigenvalue weighted by molar-refractivity contribution is 7.98. The Balaban J connectivity index is 2.00. The molecule has 4 heteroatoms. The largest absolute Gasteiger partial charge is 0.497 e. The number of methoxy groups -OCH3 is 1. The molecular formula is C16H16O2S2. The van der Waals surface area contributed by atoms with Crippen LogP contribution in [0, 0.1) is 11.8 Å². The number of rotatable bonds is 5. The highest BCUT2D eigenvalue weighted by Crippen LogP contribution is 2.29. The van der Waals surface area contributed by atoms with Crippen molar-refractivity contribution in [2.45, 2.75) is 17.1 Å². The molecule has 104 valence electrons. The van der Waals surface area contributed by atoms with Crippen LogP contribution in [0.4, 0.5) is 0 Å². The van der Waals surface area contributed by atoms with Gasteiger partial charge in [-0.3, -0.25) is 0 Å². The first kappa shape index (κ1) is 15.0. The molecule has 2 nitrogen and oxygen atoms in total. The zero-order valence-electron chi connectivity index (χ0n) is 11.3. The lowest BCUT2D eigenvalue weighted by atomic mass is 10.2. The van der Waals surface area contributed by atoms with E-state index in [1.54, 1.807) is 30.2 Å². The molecule has 0 unspecified atom stereocenters. The van der Waals surface area contributed by atoms with E-state index in [1.165, 1.54) is 9.77 Å². The predicted octanol–water partition coefficient (Wildman–Crippen LogP) is 3.78. The van der Waals surface area contributed by atoms with Crippen molar-refractivity contribution >= 4 is 23.1 Å². The molecule has 0 amide bonds. The van der Waals surface area contributed by atoms with Gasteiger partial charge in [0.2, 0.25) is 0 Å². The Labute approximate surface area is 127 Å². The van der Waals surface area contributed by atoms with E-state index in [2.05, 4.69) is 23.3 Å². The lowest BCUT2D eigenvalue weighted by Crippen LogP contribution is -1.84. The summed E-state index contributed by atoms with van der Waals surface area (Å²) >= 11 is 3.49. The summed E-state index contributed by atoms with van der Waals surface area (Å²) in [5.41, 5.74) is 1.07. The van der Waals surface area contributed by atoms with Gasteiger partial charge in [0.05, 0.1) is 13.7 Å². The monoisotopic (exact) mass is 304 g/mol. The summed E-state index contributed by atoms with van der Waals surface area (Å²) in [5.74, 6) is 7.86. The second-order valence-electron chi connectivity index (χ2n) is 4.00. The maximum Gasteiger partial charge on any atom is 0.119 e. The molecule has 0 atom stereocenters. The number of thioether (sulfide) groups is 1. The minimum absolute atomic E-state index is 0.116. The first-order valence-corrected chi connectivity index (χ1v) is 8.13. The van der Waals surface area contributed by atoms with E-state index in [-0.39, 0.29) is 6.61 Å². The number of ether oxygens (including phenoxy) is 1. The summed E-state index contributed by atoms with van der Waals surface area (Å²) < 4.78 is 5.22. The average Bonchev–Trinajstić information content (AvgIpc) is 2.93. The van der Waals surface area contributed by atoms with Crippen LogP contribution in [0.1, 0.15) is 16.9 Å². The van der Waals surface area contributed by atoms with Gasteiger partial charge in [-0.15, -0.1) is 23.1 Å². The van der Waals surface area contributed by atoms with Gasteiger partial charge >= 0.3 is 0 Å². The smallest absolute Gasteiger partial charge is 0.119 e. The van der Waals surface area contributed by atoms with Gasteiger partial charge in [0.25, 0.3) is 0 Å². The molecule has 0 radical (unpaired) electrons. The number of aliphatic hydroxyl groups is 1. The van der Waals surface area contributed by atoms with Gasteiger partial charge < -0.3 is 9.84 Å². The first-order valence-electron chi connectivity index (χ1n) is 6.26. The molecule has 2 aromatic rings. The van der Waals surface area contributed by atoms with E-state index in [9.17, 15) is 0 Å². The zero-order valence-corrected chi connectivity index (χ0v) is 12.9. The molecular weight excluding hydrogens is 288 g/mol. The van der Waals surface area contributed by atoms with Crippen molar-refractivity contribution in [2.24, 2.45) is 0 Å². The average molecular weight is 304 g/mol. The molecule has 0 bridgehead atoms. The topological polar surface area (TPSA) is 29.5 Å². The molecule has 1 N–H and O–H groups in total. The van der Waals surface area contributed by atoms with Crippen LogP contribution >= 0.6 is 23.1 Å². The molecule has 1 heterocycles. The summed E-state index contributed by atoms with van der Waals surface area (Å²) in [6, 6.07) is 10.1. The molecule has 0 saturated heterocycles. The van der Waals surface area contributed by atoms with Gasteiger partial charge in [-0.1, -0.05) is 17.9 Å². The Morgan fingerprint density at radius 1 is 1.35 bits per heavy atom. The van der Waals surface area contributed by atoms with Crippen molar-refractivity contribution < 1.29 is 9.84 Å². The van der Waals surface area contributed by atoms with Gasteiger partial charge in [-0.2, -0.15) is 0 Å². The Morgan fingerprint density at radius 3 is 3.05 bits per heavy atom. The second-order valence-corrected chi connectivity index (χ2v) is 6.05. The molecule has 0 spiro atoms. The third kappa shape index (κ3) is 4.31. The molecule has 0 aliphatic carbocycles. The van der Waals surface area contributed by atoms with E-state index in [4.69, 9.17) is 9.84 Å². The molecule has 2 rings (SSSR count). The van der Waals surface area contributed by atoms with E-state index >= 15 is 0 Å². The number of hydrogen-bond donors (Lipinski definition) is 1. The van der Waals surface area contributed by atoms with Crippen LogP contribution in [0.5, 0.6) is 5.75 Å². The highest BCUT2D eigenvalue weighted by Gasteiger charge is 2.04. The quantitative estimate of drug-likeness (QED) is 0.673. The Morgan fingerprint density at radius 2 is 2.25 bits per heavy atom. The molecule has 0 saturated carbocycles. The summed E-state index contributed by atoms with van der Waals surface area (Å²) in [6.45, 7) is 0.116. The Kier molecular flexibility index (Phi) is 6.00. The summed E-state index contributed by atoms with van der Waals surface area (Å²) in [5, 5.41) is 10.8. The van der Waals surface area contributed by atoms with Gasteiger partial charge in [-0.05, 0) is 29.6 Å². The summed E-state index contributed by atoms with van der Waals surface area (Å²) in [7, 11) is 1.68. The lowest BCUT2D eigenvalue weighted by molar-refractivity contribution is 0.305. The van der Waals surface area contributed by atoms with Crippen molar-refractivity contribution in [3.8, 4) is 17.6 Å². The van der Waals surface area contributed by atoms with E-state index in [0.717, 1.165) is 17.1 Å². The van der Waals surface area contributed by atoms with Crippen molar-refractivity contribution in [2.75, 3.05) is 13.7 Å². The Hall–Kier alpha value is -1.41. The van der Waals surface area contributed by atoms with Crippen molar-refractivity contribution in [1.29, 1.82) is 0 Å². The van der Waals surface area contributed by atoms with Crippen LogP contribution in [-0.4, -0.2) is 18.8 Å². The van der Waals surface area contributed by atoms with Crippen LogP contribution in [0.2, 0.25) is 0 Å². The summed E-state index contributed by atoms with van der Waals surface area (Å²) in [6.07, 6.45) is 0.526. The minimum Gasteiger partial charge on any atom is -0.497 e. The molecule has 20 heavy (non-hydrogen) atoms. The second kappa shape index (κ2) is 8.01. The molecule has 1 aromatic carbocycles. The summed E-state index contributed by atoms with van der Waals surface area (Å²) in [4.78, 5) is 2.45. The fourth-order valence-electron chi connectivity index (χ4n) is 1.62. The highest BCUT2D eigenvalue weighted by atomic mass is 32.2. The van der Waals surface area contributed by atoms with E-state index < -0.39 is 0 Å². The van der Waals surface area contributed by atoms with Crippen molar-refractivity contribution in [1.82, 2.24) is 0 Å². The number of aliphatic hydroxyl groups excluding tert-OH is 1. The standard InChI is InChI=1S/C16H16O2S2/c1-18-14-6-4-7-15(11-14)20-12-16-13(8-10-19-16)5-2-3-9-17/h4,6-8,10-11,17H,3,9,12H2,1H3. The SMILES string of the molecule is COc1cccc(SCc2sccc2C#CCCO)c1. The number of benzene rings is 1. The van der Waals surface area contributed by atoms with Gasteiger partial charge in [0.15, 0.2) is 0 Å².